The van der Waals surface area contributed by atoms with Crippen molar-refractivity contribution in [1.82, 2.24) is 0 Å². The number of benzene rings is 2. The number of anilines is 2. The summed E-state index contributed by atoms with van der Waals surface area (Å²) in [7, 11) is 2.12. The van der Waals surface area contributed by atoms with Gasteiger partial charge in [0.25, 0.3) is 0 Å². The first-order valence-electron chi connectivity index (χ1n) is 7.88. The van der Waals surface area contributed by atoms with Crippen LogP contribution in [0.3, 0.4) is 0 Å². The van der Waals surface area contributed by atoms with Crippen molar-refractivity contribution in [2.45, 2.75) is 17.7 Å². The number of rotatable bonds is 4. The summed E-state index contributed by atoms with van der Waals surface area (Å²) in [5.74, 6) is 1.75. The number of nitrogens with zero attached hydrogens (tertiary/aromatic N) is 2. The van der Waals surface area contributed by atoms with E-state index in [2.05, 4.69) is 46.6 Å². The molecule has 3 nitrogen and oxygen atoms in total. The molecule has 1 saturated carbocycles. The zero-order chi connectivity index (χ0) is 15.8. The fourth-order valence-electron chi connectivity index (χ4n) is 2.62. The van der Waals surface area contributed by atoms with Crippen LogP contribution >= 0.6 is 23.5 Å². The fourth-order valence-corrected chi connectivity index (χ4v) is 3.88. The van der Waals surface area contributed by atoms with Crippen molar-refractivity contribution < 1.29 is 4.74 Å². The lowest BCUT2D eigenvalue weighted by Gasteiger charge is -2.36. The lowest BCUT2D eigenvalue weighted by molar-refractivity contribution is 0.299. The molecule has 23 heavy (non-hydrogen) atoms. The normalized spacial score (nSPS) is 17.1. The van der Waals surface area contributed by atoms with Crippen LogP contribution in [-0.4, -0.2) is 20.3 Å². The first-order chi connectivity index (χ1) is 11.2. The average molecular weight is 347 g/mol. The van der Waals surface area contributed by atoms with Gasteiger partial charge in [-0.1, -0.05) is 11.6 Å². The molecule has 0 aromatic heterocycles. The SMILES string of the molecule is CN1CN(c2ccc(Cl)cc2)Sc2ccc(OCC3CC3)cc21. The highest BCUT2D eigenvalue weighted by atomic mass is 35.5. The van der Waals surface area contributed by atoms with Crippen molar-refractivity contribution in [3.05, 3.63) is 47.5 Å². The summed E-state index contributed by atoms with van der Waals surface area (Å²) < 4.78 is 8.17. The fraction of sp³-hybridized carbons (Fsp3) is 0.333. The van der Waals surface area contributed by atoms with Crippen LogP contribution in [0.2, 0.25) is 5.02 Å². The summed E-state index contributed by atoms with van der Waals surface area (Å²) >= 11 is 7.74. The van der Waals surface area contributed by atoms with E-state index in [-0.39, 0.29) is 0 Å². The predicted molar refractivity (Wildman–Crippen MR) is 97.7 cm³/mol. The standard InChI is InChI=1S/C18H19ClN2OS/c1-20-12-21(15-6-4-14(19)5-7-15)23-18-9-8-16(10-17(18)20)22-11-13-2-3-13/h4-10,13H,2-3,11-12H2,1H3. The lowest BCUT2D eigenvalue weighted by Crippen LogP contribution is -2.35. The molecule has 0 radical (unpaired) electrons. The van der Waals surface area contributed by atoms with E-state index in [0.717, 1.165) is 35.7 Å². The number of hydrogen-bond donors (Lipinski definition) is 0. The number of fused-ring (bicyclic) bond motifs is 1. The van der Waals surface area contributed by atoms with Gasteiger partial charge in [0, 0.05) is 23.8 Å². The van der Waals surface area contributed by atoms with Gasteiger partial charge in [-0.3, -0.25) is 4.31 Å². The summed E-state index contributed by atoms with van der Waals surface area (Å²) in [5, 5.41) is 0.766. The largest absolute Gasteiger partial charge is 0.493 e. The molecule has 0 spiro atoms. The second kappa shape index (κ2) is 6.17. The van der Waals surface area contributed by atoms with Crippen LogP contribution in [0.15, 0.2) is 47.4 Å². The van der Waals surface area contributed by atoms with Gasteiger partial charge >= 0.3 is 0 Å². The first-order valence-corrected chi connectivity index (χ1v) is 9.03. The minimum atomic E-state index is 0.766. The van der Waals surface area contributed by atoms with E-state index in [4.69, 9.17) is 16.3 Å². The van der Waals surface area contributed by atoms with Gasteiger partial charge in [0.05, 0.1) is 17.2 Å². The molecule has 2 aromatic carbocycles. The highest BCUT2D eigenvalue weighted by Crippen LogP contribution is 2.41. The van der Waals surface area contributed by atoms with Gasteiger partial charge in [0.2, 0.25) is 0 Å². The van der Waals surface area contributed by atoms with Crippen molar-refractivity contribution in [3.63, 3.8) is 0 Å². The Kier molecular flexibility index (Phi) is 4.04. The average Bonchev–Trinajstić information content (AvgIpc) is 3.38. The molecule has 0 bridgehead atoms. The van der Waals surface area contributed by atoms with E-state index < -0.39 is 0 Å². The molecule has 2 aromatic rings. The van der Waals surface area contributed by atoms with Gasteiger partial charge in [-0.05, 0) is 67.1 Å². The maximum atomic E-state index is 5.98. The van der Waals surface area contributed by atoms with Crippen LogP contribution in [0.5, 0.6) is 5.75 Å². The van der Waals surface area contributed by atoms with Crippen molar-refractivity contribution in [2.75, 3.05) is 29.5 Å². The molecule has 5 heteroatoms. The smallest absolute Gasteiger partial charge is 0.121 e. The first kappa shape index (κ1) is 15.0. The number of ether oxygens (including phenoxy) is 1. The molecule has 1 aliphatic heterocycles. The minimum absolute atomic E-state index is 0.766. The Bertz CT molecular complexity index is 703. The highest BCUT2D eigenvalue weighted by molar-refractivity contribution is 8.00. The monoisotopic (exact) mass is 346 g/mol. The maximum absolute atomic E-state index is 5.98. The van der Waals surface area contributed by atoms with E-state index in [1.165, 1.54) is 23.4 Å². The topological polar surface area (TPSA) is 15.7 Å². The van der Waals surface area contributed by atoms with Crippen molar-refractivity contribution in [2.24, 2.45) is 5.92 Å². The summed E-state index contributed by atoms with van der Waals surface area (Å²) in [6.45, 7) is 1.68. The Balaban J connectivity index is 1.52. The van der Waals surface area contributed by atoms with Crippen LogP contribution in [0.25, 0.3) is 0 Å². The Morgan fingerprint density at radius 1 is 1.17 bits per heavy atom. The van der Waals surface area contributed by atoms with Crippen LogP contribution in [0.4, 0.5) is 11.4 Å². The molecule has 1 heterocycles. The minimum Gasteiger partial charge on any atom is -0.493 e. The Labute approximate surface area is 146 Å². The van der Waals surface area contributed by atoms with E-state index >= 15 is 0 Å². The van der Waals surface area contributed by atoms with Crippen LogP contribution in [0, 0.1) is 5.92 Å². The quantitative estimate of drug-likeness (QED) is 0.719. The molecule has 0 N–H and O–H groups in total. The maximum Gasteiger partial charge on any atom is 0.121 e. The van der Waals surface area contributed by atoms with E-state index in [0.29, 0.717) is 0 Å². The van der Waals surface area contributed by atoms with Gasteiger partial charge in [0.15, 0.2) is 0 Å². The second-order valence-electron chi connectivity index (χ2n) is 6.17. The zero-order valence-electron chi connectivity index (χ0n) is 13.0. The van der Waals surface area contributed by atoms with E-state index in [1.807, 2.05) is 12.1 Å². The summed E-state index contributed by atoms with van der Waals surface area (Å²) in [5.41, 5.74) is 2.39. The molecule has 1 fully saturated rings. The Morgan fingerprint density at radius 3 is 2.70 bits per heavy atom. The molecule has 120 valence electrons. The number of halogens is 1. The molecule has 0 unspecified atom stereocenters. The molecular formula is C18H19ClN2OS. The summed E-state index contributed by atoms with van der Waals surface area (Å²) in [6.07, 6.45) is 2.63. The third-order valence-corrected chi connectivity index (χ3v) is 5.53. The third kappa shape index (κ3) is 3.38. The van der Waals surface area contributed by atoms with Gasteiger partial charge in [-0.25, -0.2) is 0 Å². The van der Waals surface area contributed by atoms with Crippen molar-refractivity contribution >= 4 is 34.9 Å². The Morgan fingerprint density at radius 2 is 1.96 bits per heavy atom. The van der Waals surface area contributed by atoms with E-state index in [9.17, 15) is 0 Å². The summed E-state index contributed by atoms with van der Waals surface area (Å²) in [4.78, 5) is 3.50. The predicted octanol–water partition coefficient (Wildman–Crippen LogP) is 5.05. The van der Waals surface area contributed by atoms with Crippen molar-refractivity contribution in [3.8, 4) is 5.75 Å². The molecule has 0 saturated heterocycles. The molecule has 2 aliphatic rings. The lowest BCUT2D eigenvalue weighted by atomic mass is 10.2. The summed E-state index contributed by atoms with van der Waals surface area (Å²) in [6, 6.07) is 14.4. The van der Waals surface area contributed by atoms with Gasteiger partial charge in [-0.2, -0.15) is 0 Å². The second-order valence-corrected chi connectivity index (χ2v) is 7.67. The number of hydrogen-bond acceptors (Lipinski definition) is 4. The molecule has 0 atom stereocenters. The van der Waals surface area contributed by atoms with Crippen LogP contribution in [-0.2, 0) is 0 Å². The molecule has 0 amide bonds. The molecule has 1 aliphatic carbocycles. The van der Waals surface area contributed by atoms with Gasteiger partial charge in [0.1, 0.15) is 12.4 Å². The Hall–Kier alpha value is -1.52. The molecular weight excluding hydrogens is 328 g/mol. The van der Waals surface area contributed by atoms with E-state index in [1.54, 1.807) is 11.9 Å². The van der Waals surface area contributed by atoms with Gasteiger partial charge < -0.3 is 9.64 Å². The third-order valence-electron chi connectivity index (χ3n) is 4.19. The van der Waals surface area contributed by atoms with Crippen LogP contribution < -0.4 is 13.9 Å². The van der Waals surface area contributed by atoms with Crippen molar-refractivity contribution in [1.29, 1.82) is 0 Å². The zero-order valence-corrected chi connectivity index (χ0v) is 14.6. The van der Waals surface area contributed by atoms with Gasteiger partial charge in [-0.15, -0.1) is 0 Å². The molecule has 4 rings (SSSR count). The van der Waals surface area contributed by atoms with Crippen LogP contribution in [0.1, 0.15) is 12.8 Å². The highest BCUT2D eigenvalue weighted by Gasteiger charge is 2.24.